The van der Waals surface area contributed by atoms with Crippen LogP contribution in [0.3, 0.4) is 0 Å². The van der Waals surface area contributed by atoms with Gasteiger partial charge in [-0.1, -0.05) is 6.07 Å². The average molecular weight is 553 g/mol. The summed E-state index contributed by atoms with van der Waals surface area (Å²) in [7, 11) is 0. The largest absolute Gasteiger partial charge is 0.490 e. The first-order valence-corrected chi connectivity index (χ1v) is 11.1. The van der Waals surface area contributed by atoms with E-state index in [-0.39, 0.29) is 12.2 Å². The topological polar surface area (TPSA) is 122 Å². The van der Waals surface area contributed by atoms with E-state index >= 15 is 0 Å². The van der Waals surface area contributed by atoms with E-state index in [1.165, 1.54) is 5.56 Å². The monoisotopic (exact) mass is 553 g/mol. The third-order valence-corrected chi connectivity index (χ3v) is 5.46. The molecule has 0 aromatic carbocycles. The Balaban J connectivity index is 0.000000301. The van der Waals surface area contributed by atoms with Gasteiger partial charge in [0, 0.05) is 43.9 Å². The molecule has 0 spiro atoms. The molecule has 38 heavy (non-hydrogen) atoms. The van der Waals surface area contributed by atoms with Crippen LogP contribution in [0.25, 0.3) is 0 Å². The number of carboxylic acid groups (broad SMARTS) is 2. The molecule has 1 aliphatic carbocycles. The molecule has 3 heterocycles. The Morgan fingerprint density at radius 1 is 0.947 bits per heavy atom. The second-order valence-corrected chi connectivity index (χ2v) is 8.12. The van der Waals surface area contributed by atoms with Crippen LogP contribution in [0.1, 0.15) is 24.0 Å². The minimum Gasteiger partial charge on any atom is -0.475 e. The van der Waals surface area contributed by atoms with E-state index in [1.807, 2.05) is 43.0 Å². The first-order valence-electron chi connectivity index (χ1n) is 11.1. The van der Waals surface area contributed by atoms with E-state index in [4.69, 9.17) is 29.3 Å². The van der Waals surface area contributed by atoms with Crippen molar-refractivity contribution in [2.75, 3.05) is 13.2 Å². The fraction of sp³-hybridized carbons (Fsp3) is 0.478. The van der Waals surface area contributed by atoms with E-state index in [9.17, 15) is 26.3 Å². The molecule has 3 atom stereocenters. The minimum atomic E-state index is -5.08. The van der Waals surface area contributed by atoms with Crippen LogP contribution in [0.5, 0.6) is 0 Å². The number of alkyl halides is 6. The van der Waals surface area contributed by atoms with Crippen molar-refractivity contribution in [3.8, 4) is 0 Å². The number of carbonyl (C=O) groups is 2. The van der Waals surface area contributed by atoms with Gasteiger partial charge in [-0.05, 0) is 42.2 Å². The van der Waals surface area contributed by atoms with Crippen molar-refractivity contribution >= 4 is 11.9 Å². The number of carboxylic acids is 2. The molecular weight excluding hydrogens is 528 g/mol. The highest BCUT2D eigenvalue weighted by molar-refractivity contribution is 5.73. The fourth-order valence-corrected chi connectivity index (χ4v) is 3.77. The summed E-state index contributed by atoms with van der Waals surface area (Å²) >= 11 is 0. The fourth-order valence-electron chi connectivity index (χ4n) is 3.77. The lowest BCUT2D eigenvalue weighted by Crippen LogP contribution is -2.51. The lowest BCUT2D eigenvalue weighted by atomic mass is 10.1. The maximum absolute atomic E-state index is 10.6. The zero-order valence-corrected chi connectivity index (χ0v) is 19.7. The molecule has 0 amide bonds. The zero-order chi connectivity index (χ0) is 28.3. The molecule has 15 heteroatoms. The number of morpholine rings is 1. The maximum Gasteiger partial charge on any atom is 0.490 e. The second kappa shape index (κ2) is 14.0. The molecule has 2 aliphatic rings. The van der Waals surface area contributed by atoms with Gasteiger partial charge >= 0.3 is 24.3 Å². The third kappa shape index (κ3) is 10.2. The molecule has 210 valence electrons. The molecule has 0 unspecified atom stereocenters. The van der Waals surface area contributed by atoms with Crippen LogP contribution in [-0.2, 0) is 32.2 Å². The number of hydrogen-bond acceptors (Lipinski definition) is 7. The zero-order valence-electron chi connectivity index (χ0n) is 19.7. The van der Waals surface area contributed by atoms with E-state index < -0.39 is 24.3 Å². The number of rotatable bonds is 5. The Morgan fingerprint density at radius 2 is 1.55 bits per heavy atom. The Kier molecular flexibility index (Phi) is 11.4. The number of ether oxygens (including phenoxy) is 2. The summed E-state index contributed by atoms with van der Waals surface area (Å²) in [6.45, 7) is 3.32. The first kappa shape index (κ1) is 30.9. The van der Waals surface area contributed by atoms with Crippen LogP contribution in [0.2, 0.25) is 0 Å². The van der Waals surface area contributed by atoms with Crippen molar-refractivity contribution < 1.29 is 55.6 Å². The molecule has 1 saturated carbocycles. The highest BCUT2D eigenvalue weighted by Crippen LogP contribution is 2.33. The molecule has 2 aromatic heterocycles. The summed E-state index contributed by atoms with van der Waals surface area (Å²) < 4.78 is 75.7. The van der Waals surface area contributed by atoms with Gasteiger partial charge in [0.25, 0.3) is 0 Å². The summed E-state index contributed by atoms with van der Waals surface area (Å²) in [5.41, 5.74) is 2.43. The van der Waals surface area contributed by atoms with Crippen molar-refractivity contribution in [2.45, 2.75) is 56.6 Å². The van der Waals surface area contributed by atoms with Crippen LogP contribution in [0.4, 0.5) is 26.3 Å². The van der Waals surface area contributed by atoms with Gasteiger partial charge in [-0.2, -0.15) is 26.3 Å². The predicted octanol–water partition coefficient (Wildman–Crippen LogP) is 3.69. The molecule has 1 aliphatic heterocycles. The van der Waals surface area contributed by atoms with Crippen molar-refractivity contribution in [1.29, 1.82) is 0 Å². The standard InChI is InChI=1S/C19H23N3O2.2C2HF3O2/c1-2-16(12-21-7-1)13-22-10-11-23-19-17(22)3-4-18(19)24-14-15-5-8-20-9-6-15;2*3-2(4,5)1(6)7/h1-2,5-9,12,17-19H,3-4,10-11,13-14H2;2*(H,6,7)/t17-,18+,19+;;/m0../s1. The number of aromatic nitrogens is 2. The predicted molar refractivity (Wildman–Crippen MR) is 118 cm³/mol. The first-order chi connectivity index (χ1) is 17.8. The molecule has 4 rings (SSSR count). The molecule has 9 nitrogen and oxygen atoms in total. The van der Waals surface area contributed by atoms with E-state index in [0.29, 0.717) is 12.6 Å². The third-order valence-electron chi connectivity index (χ3n) is 5.46. The Hall–Kier alpha value is -3.30. The number of halogens is 6. The van der Waals surface area contributed by atoms with Gasteiger partial charge in [-0.3, -0.25) is 14.9 Å². The lowest BCUT2D eigenvalue weighted by Gasteiger charge is -2.39. The van der Waals surface area contributed by atoms with E-state index in [2.05, 4.69) is 20.9 Å². The number of aliphatic carboxylic acids is 2. The van der Waals surface area contributed by atoms with Crippen molar-refractivity contribution in [2.24, 2.45) is 0 Å². The van der Waals surface area contributed by atoms with Crippen LogP contribution in [0, 0.1) is 0 Å². The van der Waals surface area contributed by atoms with Crippen LogP contribution in [-0.4, -0.2) is 80.8 Å². The van der Waals surface area contributed by atoms with Crippen LogP contribution in [0.15, 0.2) is 49.1 Å². The Labute approximate surface area is 213 Å². The maximum atomic E-state index is 10.6. The van der Waals surface area contributed by atoms with Gasteiger partial charge in [0.15, 0.2) is 0 Å². The van der Waals surface area contributed by atoms with Crippen LogP contribution >= 0.6 is 0 Å². The molecule has 1 saturated heterocycles. The van der Waals surface area contributed by atoms with E-state index in [1.54, 1.807) is 0 Å². The van der Waals surface area contributed by atoms with Gasteiger partial charge in [0.2, 0.25) is 0 Å². The average Bonchev–Trinajstić information content (AvgIpc) is 3.28. The Bertz CT molecular complexity index is 986. The lowest BCUT2D eigenvalue weighted by molar-refractivity contribution is -0.193. The number of hydrogen-bond donors (Lipinski definition) is 2. The summed E-state index contributed by atoms with van der Waals surface area (Å²) in [5, 5.41) is 14.2. The smallest absolute Gasteiger partial charge is 0.475 e. The second-order valence-electron chi connectivity index (χ2n) is 8.12. The summed E-state index contributed by atoms with van der Waals surface area (Å²) in [6.07, 6.45) is -0.222. The highest BCUT2D eigenvalue weighted by Gasteiger charge is 2.43. The summed E-state index contributed by atoms with van der Waals surface area (Å²) in [4.78, 5) is 28.6. The summed E-state index contributed by atoms with van der Waals surface area (Å²) in [5.74, 6) is -5.51. The number of fused-ring (bicyclic) bond motifs is 1. The highest BCUT2D eigenvalue weighted by atomic mass is 19.4. The van der Waals surface area contributed by atoms with E-state index in [0.717, 1.165) is 38.1 Å². The minimum absolute atomic E-state index is 0.178. The molecule has 2 aromatic rings. The van der Waals surface area contributed by atoms with Crippen molar-refractivity contribution in [1.82, 2.24) is 14.9 Å². The van der Waals surface area contributed by atoms with Gasteiger partial charge in [0.1, 0.15) is 0 Å². The molecule has 2 N–H and O–H groups in total. The molecule has 0 bridgehead atoms. The van der Waals surface area contributed by atoms with Gasteiger partial charge in [-0.25, -0.2) is 9.59 Å². The van der Waals surface area contributed by atoms with Gasteiger partial charge in [0.05, 0.1) is 25.4 Å². The normalized spacial score (nSPS) is 21.3. The summed E-state index contributed by atoms with van der Waals surface area (Å²) in [6, 6.07) is 8.60. The van der Waals surface area contributed by atoms with Gasteiger partial charge < -0.3 is 19.7 Å². The van der Waals surface area contributed by atoms with Crippen molar-refractivity contribution in [3.63, 3.8) is 0 Å². The SMILES string of the molecule is O=C(O)C(F)(F)F.O=C(O)C(F)(F)F.c1cncc(CN2CCO[C@H]3[C@H](OCc4ccncc4)CC[C@@H]32)c1. The van der Waals surface area contributed by atoms with Gasteiger partial charge in [-0.15, -0.1) is 0 Å². The molecule has 0 radical (unpaired) electrons. The molecular formula is C23H25F6N3O6. The Morgan fingerprint density at radius 3 is 2.08 bits per heavy atom. The quantitative estimate of drug-likeness (QED) is 0.534. The number of pyridine rings is 2. The van der Waals surface area contributed by atoms with Crippen LogP contribution < -0.4 is 0 Å². The number of nitrogens with zero attached hydrogens (tertiary/aromatic N) is 3. The molecule has 2 fully saturated rings. The van der Waals surface area contributed by atoms with Crippen molar-refractivity contribution in [3.05, 3.63) is 60.2 Å².